The van der Waals surface area contributed by atoms with Crippen molar-refractivity contribution >= 4 is 37.3 Å². The molecule has 2 aromatic rings. The third-order valence-electron chi connectivity index (χ3n) is 6.21. The van der Waals surface area contributed by atoms with Crippen LogP contribution in [-0.2, 0) is 24.8 Å². The van der Waals surface area contributed by atoms with Crippen LogP contribution in [0.4, 0.5) is 11.4 Å². The van der Waals surface area contributed by atoms with Gasteiger partial charge in [-0.25, -0.2) is 16.8 Å². The van der Waals surface area contributed by atoms with E-state index in [0.29, 0.717) is 49.5 Å². The van der Waals surface area contributed by atoms with Crippen molar-refractivity contribution < 1.29 is 21.6 Å². The molecule has 0 atom stereocenters. The minimum absolute atomic E-state index is 0.0885. The Morgan fingerprint density at radius 3 is 2.14 bits per heavy atom. The van der Waals surface area contributed by atoms with E-state index in [1.807, 2.05) is 39.1 Å². The van der Waals surface area contributed by atoms with Gasteiger partial charge in [-0.15, -0.1) is 0 Å². The highest BCUT2D eigenvalue weighted by Crippen LogP contribution is 2.25. The summed E-state index contributed by atoms with van der Waals surface area (Å²) in [5.41, 5.74) is 3.50. The summed E-state index contributed by atoms with van der Waals surface area (Å²) in [5, 5.41) is 2.76. The molecule has 0 spiro atoms. The van der Waals surface area contributed by atoms with Crippen molar-refractivity contribution in [3.63, 3.8) is 0 Å². The molecule has 0 saturated carbocycles. The fourth-order valence-electron chi connectivity index (χ4n) is 4.31. The zero-order chi connectivity index (χ0) is 26.7. The van der Waals surface area contributed by atoms with Crippen LogP contribution in [0.15, 0.2) is 41.3 Å². The summed E-state index contributed by atoms with van der Waals surface area (Å²) < 4.78 is 54.0. The standard InChI is InChI=1S/C25H36N4O5S2/c1-19-15-20(2)17-23(16-19)29(35(5,31)32)10-6-7-25(30)26-22-9-8-21(3)24(18-22)36(33,34)28-13-11-27(4)12-14-28/h8-9,15-18H,6-7,10-14H2,1-5H3,(H,26,30). The average molecular weight is 537 g/mol. The minimum Gasteiger partial charge on any atom is -0.326 e. The number of likely N-dealkylation sites (N-methyl/N-ethyl adjacent to an activating group) is 1. The first-order valence-electron chi connectivity index (χ1n) is 11.9. The molecule has 0 aromatic heterocycles. The van der Waals surface area contributed by atoms with E-state index in [0.717, 1.165) is 17.4 Å². The van der Waals surface area contributed by atoms with Gasteiger partial charge in [0.1, 0.15) is 0 Å². The van der Waals surface area contributed by atoms with E-state index in [2.05, 4.69) is 10.2 Å². The number of nitrogens with one attached hydrogen (secondary N) is 1. The van der Waals surface area contributed by atoms with Crippen molar-refractivity contribution in [1.29, 1.82) is 0 Å². The Hall–Kier alpha value is -2.47. The first kappa shape index (κ1) is 28.1. The lowest BCUT2D eigenvalue weighted by Crippen LogP contribution is -2.47. The summed E-state index contributed by atoms with van der Waals surface area (Å²) in [4.78, 5) is 14.9. The number of amides is 1. The fourth-order valence-corrected chi connectivity index (χ4v) is 6.93. The van der Waals surface area contributed by atoms with Gasteiger partial charge in [0.25, 0.3) is 0 Å². The highest BCUT2D eigenvalue weighted by Gasteiger charge is 2.29. The van der Waals surface area contributed by atoms with Crippen LogP contribution >= 0.6 is 0 Å². The van der Waals surface area contributed by atoms with E-state index in [1.165, 1.54) is 14.7 Å². The number of carbonyl (C=O) groups excluding carboxylic acids is 1. The highest BCUT2D eigenvalue weighted by atomic mass is 32.2. The van der Waals surface area contributed by atoms with Crippen molar-refractivity contribution in [2.24, 2.45) is 0 Å². The third kappa shape index (κ3) is 7.06. The number of sulfonamides is 2. The molecule has 1 aliphatic heterocycles. The maximum atomic E-state index is 13.2. The minimum atomic E-state index is -3.67. The number of anilines is 2. The van der Waals surface area contributed by atoms with Gasteiger partial charge in [-0.1, -0.05) is 12.1 Å². The summed E-state index contributed by atoms with van der Waals surface area (Å²) in [6, 6.07) is 10.4. The first-order chi connectivity index (χ1) is 16.8. The number of rotatable bonds is 9. The fraction of sp³-hybridized carbons (Fsp3) is 0.480. The summed E-state index contributed by atoms with van der Waals surface area (Å²) in [5.74, 6) is -0.310. The Kier molecular flexibility index (Phi) is 8.81. The van der Waals surface area contributed by atoms with E-state index in [1.54, 1.807) is 19.1 Å². The van der Waals surface area contributed by atoms with E-state index < -0.39 is 20.0 Å². The summed E-state index contributed by atoms with van der Waals surface area (Å²) >= 11 is 0. The monoisotopic (exact) mass is 536 g/mol. The molecule has 2 aromatic carbocycles. The molecule has 0 unspecified atom stereocenters. The maximum Gasteiger partial charge on any atom is 0.243 e. The Bertz CT molecular complexity index is 1300. The number of nitrogens with zero attached hydrogens (tertiary/aromatic N) is 3. The molecule has 9 nitrogen and oxygen atoms in total. The van der Waals surface area contributed by atoms with Crippen LogP contribution in [-0.4, -0.2) is 78.0 Å². The molecule has 0 bridgehead atoms. The van der Waals surface area contributed by atoms with Gasteiger partial charge in [0.2, 0.25) is 26.0 Å². The smallest absolute Gasteiger partial charge is 0.243 e. The Morgan fingerprint density at radius 2 is 1.56 bits per heavy atom. The Morgan fingerprint density at radius 1 is 0.944 bits per heavy atom. The molecule has 1 heterocycles. The Balaban J connectivity index is 1.66. The Labute approximate surface area is 215 Å². The molecule has 0 radical (unpaired) electrons. The van der Waals surface area contributed by atoms with Gasteiger partial charge in [0.05, 0.1) is 16.8 Å². The predicted molar refractivity (Wildman–Crippen MR) is 143 cm³/mol. The SMILES string of the molecule is Cc1cc(C)cc(N(CCCC(=O)Nc2ccc(C)c(S(=O)(=O)N3CCN(C)CC3)c2)S(C)(=O)=O)c1. The van der Waals surface area contributed by atoms with Crippen molar-refractivity contribution in [3.8, 4) is 0 Å². The molecule has 198 valence electrons. The van der Waals surface area contributed by atoms with Crippen LogP contribution in [0, 0.1) is 20.8 Å². The van der Waals surface area contributed by atoms with Crippen molar-refractivity contribution in [2.45, 2.75) is 38.5 Å². The predicted octanol–water partition coefficient (Wildman–Crippen LogP) is 2.73. The topological polar surface area (TPSA) is 107 Å². The van der Waals surface area contributed by atoms with Gasteiger partial charge in [-0.2, -0.15) is 4.31 Å². The van der Waals surface area contributed by atoms with Crippen LogP contribution in [0.25, 0.3) is 0 Å². The lowest BCUT2D eigenvalue weighted by atomic mass is 10.1. The molecular formula is C25H36N4O5S2. The van der Waals surface area contributed by atoms with Gasteiger partial charge in [0.15, 0.2) is 0 Å². The summed E-state index contributed by atoms with van der Waals surface area (Å²) in [7, 11) is -5.24. The number of hydrogen-bond acceptors (Lipinski definition) is 6. The number of carbonyl (C=O) groups is 1. The molecule has 1 N–H and O–H groups in total. The normalized spacial score (nSPS) is 15.6. The van der Waals surface area contributed by atoms with Crippen molar-refractivity contribution in [1.82, 2.24) is 9.21 Å². The number of hydrogen-bond donors (Lipinski definition) is 1. The highest BCUT2D eigenvalue weighted by molar-refractivity contribution is 7.92. The summed E-state index contributed by atoms with van der Waals surface area (Å²) in [6.07, 6.45) is 1.55. The van der Waals surface area contributed by atoms with E-state index in [-0.39, 0.29) is 23.8 Å². The number of piperazine rings is 1. The average Bonchev–Trinajstić information content (AvgIpc) is 2.76. The van der Waals surface area contributed by atoms with Crippen molar-refractivity contribution in [2.75, 3.05) is 55.6 Å². The van der Waals surface area contributed by atoms with Crippen LogP contribution in [0.2, 0.25) is 0 Å². The number of aryl methyl sites for hydroxylation is 3. The van der Waals surface area contributed by atoms with Crippen LogP contribution in [0.1, 0.15) is 29.5 Å². The molecule has 1 fully saturated rings. The summed E-state index contributed by atoms with van der Waals surface area (Å²) in [6.45, 7) is 7.89. The third-order valence-corrected chi connectivity index (χ3v) is 9.45. The van der Waals surface area contributed by atoms with Gasteiger partial charge >= 0.3 is 0 Å². The zero-order valence-corrected chi connectivity index (χ0v) is 23.2. The maximum absolute atomic E-state index is 13.2. The van der Waals surface area contributed by atoms with Gasteiger partial charge in [0, 0.05) is 44.8 Å². The van der Waals surface area contributed by atoms with Crippen molar-refractivity contribution in [3.05, 3.63) is 53.1 Å². The lowest BCUT2D eigenvalue weighted by Gasteiger charge is -2.32. The van der Waals surface area contributed by atoms with Crippen LogP contribution in [0.5, 0.6) is 0 Å². The first-order valence-corrected chi connectivity index (χ1v) is 15.2. The van der Waals surface area contributed by atoms with Gasteiger partial charge < -0.3 is 10.2 Å². The van der Waals surface area contributed by atoms with E-state index in [9.17, 15) is 21.6 Å². The van der Waals surface area contributed by atoms with Crippen LogP contribution < -0.4 is 9.62 Å². The molecule has 36 heavy (non-hydrogen) atoms. The lowest BCUT2D eigenvalue weighted by molar-refractivity contribution is -0.116. The number of benzene rings is 2. The van der Waals surface area contributed by atoms with Crippen LogP contribution in [0.3, 0.4) is 0 Å². The van der Waals surface area contributed by atoms with E-state index in [4.69, 9.17) is 0 Å². The van der Waals surface area contributed by atoms with Gasteiger partial charge in [-0.3, -0.25) is 9.10 Å². The van der Waals surface area contributed by atoms with E-state index >= 15 is 0 Å². The second kappa shape index (κ2) is 11.3. The molecule has 1 saturated heterocycles. The molecule has 3 rings (SSSR count). The molecule has 11 heteroatoms. The second-order valence-electron chi connectivity index (χ2n) is 9.52. The second-order valence-corrected chi connectivity index (χ2v) is 13.3. The molecular weight excluding hydrogens is 500 g/mol. The zero-order valence-electron chi connectivity index (χ0n) is 21.6. The molecule has 1 amide bonds. The van der Waals surface area contributed by atoms with Gasteiger partial charge in [-0.05, 0) is 75.2 Å². The molecule has 1 aliphatic rings. The molecule has 0 aliphatic carbocycles. The largest absolute Gasteiger partial charge is 0.326 e. The quantitative estimate of drug-likeness (QED) is 0.528.